The SMILES string of the molecule is CCOC(=O)C1=C(C)N=c2s/c(=C/c3ccc(Sc4nc(C)cc(C)n4)c([N+](=O)[O-])c3)c(=O)n2[C@H]1c1ccc(OC)c(Br)c1. The molecular formula is C30H26BrN5O6S2. The Bertz CT molecular complexity index is 2020. The van der Waals surface area contributed by atoms with E-state index in [4.69, 9.17) is 9.47 Å². The zero-order valence-corrected chi connectivity index (χ0v) is 27.5. The number of nitrogens with zero attached hydrogens (tertiary/aromatic N) is 5. The molecule has 0 saturated carbocycles. The molecule has 11 nitrogen and oxygen atoms in total. The van der Waals surface area contributed by atoms with Crippen molar-refractivity contribution in [1.82, 2.24) is 14.5 Å². The van der Waals surface area contributed by atoms with Crippen molar-refractivity contribution < 1.29 is 19.2 Å². The van der Waals surface area contributed by atoms with Crippen LogP contribution in [-0.2, 0) is 9.53 Å². The molecule has 3 heterocycles. The quantitative estimate of drug-likeness (QED) is 0.107. The van der Waals surface area contributed by atoms with E-state index in [1.54, 1.807) is 57.4 Å². The Balaban J connectivity index is 1.63. The van der Waals surface area contributed by atoms with E-state index >= 15 is 0 Å². The third-order valence-electron chi connectivity index (χ3n) is 6.65. The average Bonchev–Trinajstić information content (AvgIpc) is 3.26. The number of aryl methyl sites for hydroxylation is 2. The number of aromatic nitrogens is 3. The number of ether oxygens (including phenoxy) is 2. The molecular weight excluding hydrogens is 670 g/mol. The standard InChI is InChI=1S/C30H26BrN5O6S2/c1-6-42-28(38)25-17(4)34-30-35(26(25)19-8-9-22(41-5)20(31)14-19)27(37)24(44-30)13-18-7-10-23(21(12-18)36(39)40)43-29-32-15(2)11-16(3)33-29/h7-14,26H,6H2,1-5H3/b24-13+/t26-/m0/s1. The maximum atomic E-state index is 13.9. The fraction of sp³-hybridized carbons (Fsp3) is 0.233. The van der Waals surface area contributed by atoms with Crippen molar-refractivity contribution >= 4 is 56.8 Å². The summed E-state index contributed by atoms with van der Waals surface area (Å²) in [6, 6.07) is 11.1. The van der Waals surface area contributed by atoms with Gasteiger partial charge >= 0.3 is 5.97 Å². The molecule has 0 radical (unpaired) electrons. The van der Waals surface area contributed by atoms with Gasteiger partial charge in [0.05, 0.1) is 49.9 Å². The molecule has 1 aliphatic heterocycles. The van der Waals surface area contributed by atoms with Gasteiger partial charge in [-0.3, -0.25) is 19.5 Å². The van der Waals surface area contributed by atoms with E-state index in [1.807, 2.05) is 19.9 Å². The van der Waals surface area contributed by atoms with Crippen molar-refractivity contribution in [3.8, 4) is 5.75 Å². The van der Waals surface area contributed by atoms with Crippen LogP contribution in [0, 0.1) is 24.0 Å². The third-order valence-corrected chi connectivity index (χ3v) is 9.18. The Kier molecular flexibility index (Phi) is 9.13. The number of fused-ring (bicyclic) bond motifs is 1. The molecule has 44 heavy (non-hydrogen) atoms. The molecule has 0 amide bonds. The summed E-state index contributed by atoms with van der Waals surface area (Å²) < 4.78 is 13.1. The summed E-state index contributed by atoms with van der Waals surface area (Å²) in [5.41, 5.74) is 2.76. The van der Waals surface area contributed by atoms with Crippen molar-refractivity contribution in [3.05, 3.63) is 111 Å². The van der Waals surface area contributed by atoms with Crippen LogP contribution in [0.25, 0.3) is 6.08 Å². The molecule has 0 unspecified atom stereocenters. The maximum Gasteiger partial charge on any atom is 0.338 e. The second-order valence-corrected chi connectivity index (χ2v) is 12.6. The molecule has 5 rings (SSSR count). The summed E-state index contributed by atoms with van der Waals surface area (Å²) >= 11 is 5.73. The predicted molar refractivity (Wildman–Crippen MR) is 170 cm³/mol. The van der Waals surface area contributed by atoms with Gasteiger partial charge in [0.25, 0.3) is 11.2 Å². The molecule has 14 heteroatoms. The number of esters is 1. The zero-order chi connectivity index (χ0) is 31.7. The summed E-state index contributed by atoms with van der Waals surface area (Å²) in [6.07, 6.45) is 1.59. The first-order chi connectivity index (χ1) is 21.0. The van der Waals surface area contributed by atoms with Gasteiger partial charge in [0.1, 0.15) is 5.75 Å². The number of rotatable bonds is 8. The molecule has 0 spiro atoms. The summed E-state index contributed by atoms with van der Waals surface area (Å²) in [7, 11) is 1.55. The number of methoxy groups -OCH3 is 1. The summed E-state index contributed by atoms with van der Waals surface area (Å²) in [5.74, 6) is 0.0170. The first-order valence-electron chi connectivity index (χ1n) is 13.3. The van der Waals surface area contributed by atoms with Gasteiger partial charge in [-0.05, 0) is 96.9 Å². The van der Waals surface area contributed by atoms with Gasteiger partial charge in [-0.25, -0.2) is 19.8 Å². The molecule has 1 atom stereocenters. The lowest BCUT2D eigenvalue weighted by Gasteiger charge is -2.25. The number of nitro benzene ring substituents is 1. The number of benzene rings is 2. The van der Waals surface area contributed by atoms with Crippen molar-refractivity contribution in [1.29, 1.82) is 0 Å². The highest BCUT2D eigenvalue weighted by molar-refractivity contribution is 9.10. The lowest BCUT2D eigenvalue weighted by Crippen LogP contribution is -2.40. The Labute approximate surface area is 268 Å². The maximum absolute atomic E-state index is 13.9. The topological polar surface area (TPSA) is 139 Å². The van der Waals surface area contributed by atoms with Crippen LogP contribution in [0.4, 0.5) is 5.69 Å². The molecule has 2 aromatic carbocycles. The Morgan fingerprint density at radius 3 is 2.52 bits per heavy atom. The average molecular weight is 697 g/mol. The lowest BCUT2D eigenvalue weighted by atomic mass is 9.96. The van der Waals surface area contributed by atoms with Crippen LogP contribution >= 0.6 is 39.0 Å². The lowest BCUT2D eigenvalue weighted by molar-refractivity contribution is -0.387. The molecule has 0 bridgehead atoms. The normalized spacial score (nSPS) is 14.7. The van der Waals surface area contributed by atoms with Gasteiger partial charge in [0.2, 0.25) is 0 Å². The molecule has 1 aliphatic rings. The number of nitro groups is 1. The smallest absolute Gasteiger partial charge is 0.338 e. The number of thiazole rings is 1. The highest BCUT2D eigenvalue weighted by atomic mass is 79.9. The first kappa shape index (κ1) is 31.3. The molecule has 226 valence electrons. The van der Waals surface area contributed by atoms with E-state index in [9.17, 15) is 19.7 Å². The first-order valence-corrected chi connectivity index (χ1v) is 15.7. The van der Waals surface area contributed by atoms with Crippen LogP contribution in [0.15, 0.2) is 78.0 Å². The number of hydrogen-bond donors (Lipinski definition) is 0. The van der Waals surface area contributed by atoms with Crippen LogP contribution in [0.3, 0.4) is 0 Å². The minimum absolute atomic E-state index is 0.138. The van der Waals surface area contributed by atoms with Crippen LogP contribution in [-0.4, -0.2) is 39.1 Å². The molecule has 2 aromatic heterocycles. The largest absolute Gasteiger partial charge is 0.496 e. The number of carbonyl (C=O) groups is 1. The fourth-order valence-electron chi connectivity index (χ4n) is 4.80. The molecule has 4 aromatic rings. The van der Waals surface area contributed by atoms with Crippen molar-refractivity contribution in [3.63, 3.8) is 0 Å². The summed E-state index contributed by atoms with van der Waals surface area (Å²) in [6.45, 7) is 7.23. The fourth-order valence-corrected chi connectivity index (χ4v) is 7.36. The zero-order valence-electron chi connectivity index (χ0n) is 24.3. The van der Waals surface area contributed by atoms with Gasteiger partial charge in [0.15, 0.2) is 9.96 Å². The molecule has 0 N–H and O–H groups in total. The number of carbonyl (C=O) groups excluding carboxylic acids is 1. The number of hydrogen-bond acceptors (Lipinski definition) is 11. The third kappa shape index (κ3) is 6.23. The summed E-state index contributed by atoms with van der Waals surface area (Å²) in [4.78, 5) is 52.8. The predicted octanol–water partition coefficient (Wildman–Crippen LogP) is 5.04. The second kappa shape index (κ2) is 12.8. The molecule has 0 saturated heterocycles. The highest BCUT2D eigenvalue weighted by Crippen LogP contribution is 2.36. The van der Waals surface area contributed by atoms with E-state index in [0.29, 0.717) is 46.4 Å². The van der Waals surface area contributed by atoms with Crippen LogP contribution in [0.2, 0.25) is 0 Å². The Morgan fingerprint density at radius 1 is 1.16 bits per heavy atom. The van der Waals surface area contributed by atoms with E-state index < -0.39 is 22.5 Å². The van der Waals surface area contributed by atoms with Crippen LogP contribution in [0.5, 0.6) is 5.75 Å². The number of allylic oxidation sites excluding steroid dienone is 1. The Morgan fingerprint density at radius 2 is 1.89 bits per heavy atom. The van der Waals surface area contributed by atoms with Crippen molar-refractivity contribution in [2.75, 3.05) is 13.7 Å². The Hall–Kier alpha value is -4.14. The van der Waals surface area contributed by atoms with Crippen molar-refractivity contribution in [2.24, 2.45) is 4.99 Å². The minimum Gasteiger partial charge on any atom is -0.496 e. The van der Waals surface area contributed by atoms with Gasteiger partial charge < -0.3 is 9.47 Å². The van der Waals surface area contributed by atoms with E-state index in [-0.39, 0.29) is 17.9 Å². The van der Waals surface area contributed by atoms with Gasteiger partial charge in [-0.2, -0.15) is 0 Å². The molecule has 0 aliphatic carbocycles. The van der Waals surface area contributed by atoms with Crippen LogP contribution < -0.4 is 19.6 Å². The van der Waals surface area contributed by atoms with E-state index in [2.05, 4.69) is 30.9 Å². The van der Waals surface area contributed by atoms with Crippen molar-refractivity contribution in [2.45, 2.75) is 43.8 Å². The second-order valence-electron chi connectivity index (χ2n) is 9.72. The minimum atomic E-state index is -0.819. The van der Waals surface area contributed by atoms with Crippen LogP contribution in [0.1, 0.15) is 42.4 Å². The molecule has 0 fully saturated rings. The highest BCUT2D eigenvalue weighted by Gasteiger charge is 2.33. The van der Waals surface area contributed by atoms with Gasteiger partial charge in [-0.15, -0.1) is 0 Å². The van der Waals surface area contributed by atoms with Gasteiger partial charge in [0, 0.05) is 17.5 Å². The number of halogens is 1. The summed E-state index contributed by atoms with van der Waals surface area (Å²) in [5, 5.41) is 12.4. The van der Waals surface area contributed by atoms with E-state index in [1.165, 1.54) is 10.6 Å². The van der Waals surface area contributed by atoms with E-state index in [0.717, 1.165) is 34.5 Å². The monoisotopic (exact) mass is 695 g/mol. The van der Waals surface area contributed by atoms with Gasteiger partial charge in [-0.1, -0.05) is 23.5 Å².